The second-order valence-corrected chi connectivity index (χ2v) is 5.07. The van der Waals surface area contributed by atoms with E-state index in [9.17, 15) is 0 Å². The third-order valence-electron chi connectivity index (χ3n) is 2.61. The van der Waals surface area contributed by atoms with E-state index < -0.39 is 0 Å². The molecule has 1 unspecified atom stereocenters. The number of aromatic nitrogens is 4. The molecule has 6 heteroatoms. The fraction of sp³-hybridized carbons (Fsp3) is 0.500. The van der Waals surface area contributed by atoms with E-state index in [2.05, 4.69) is 20.2 Å². The van der Waals surface area contributed by atoms with E-state index in [4.69, 9.17) is 5.73 Å². The van der Waals surface area contributed by atoms with Gasteiger partial charge in [0.05, 0.1) is 6.04 Å². The summed E-state index contributed by atoms with van der Waals surface area (Å²) in [5, 5.41) is 10.0. The fourth-order valence-corrected chi connectivity index (χ4v) is 2.28. The number of thiazole rings is 1. The van der Waals surface area contributed by atoms with Crippen molar-refractivity contribution in [2.45, 2.75) is 31.7 Å². The summed E-state index contributed by atoms with van der Waals surface area (Å²) >= 11 is 1.56. The molecule has 2 aromatic heterocycles. The van der Waals surface area contributed by atoms with Crippen LogP contribution in [0.5, 0.6) is 0 Å². The molecule has 1 aliphatic carbocycles. The number of hydrogen-bond donors (Lipinski definition) is 2. The van der Waals surface area contributed by atoms with Crippen LogP contribution >= 0.6 is 11.3 Å². The van der Waals surface area contributed by atoms with E-state index in [1.807, 2.05) is 12.3 Å². The van der Waals surface area contributed by atoms with Crippen molar-refractivity contribution in [3.05, 3.63) is 16.2 Å². The Morgan fingerprint density at radius 3 is 2.94 bits per heavy atom. The molecule has 3 N–H and O–H groups in total. The summed E-state index contributed by atoms with van der Waals surface area (Å²) in [6, 6.07) is -0.0272. The van der Waals surface area contributed by atoms with Crippen molar-refractivity contribution >= 4 is 11.3 Å². The van der Waals surface area contributed by atoms with Crippen molar-refractivity contribution < 1.29 is 0 Å². The molecule has 0 aliphatic heterocycles. The predicted octanol–water partition coefficient (Wildman–Crippen LogP) is 1.83. The molecule has 0 bridgehead atoms. The van der Waals surface area contributed by atoms with Gasteiger partial charge in [-0.05, 0) is 19.8 Å². The Bertz CT molecular complexity index is 459. The van der Waals surface area contributed by atoms with Crippen LogP contribution < -0.4 is 5.73 Å². The van der Waals surface area contributed by atoms with Crippen molar-refractivity contribution in [3.8, 4) is 11.5 Å². The largest absolute Gasteiger partial charge is 0.322 e. The first kappa shape index (κ1) is 9.92. The first-order valence-electron chi connectivity index (χ1n) is 5.37. The van der Waals surface area contributed by atoms with E-state index in [0.717, 1.165) is 16.5 Å². The predicted molar refractivity (Wildman–Crippen MR) is 62.1 cm³/mol. The highest BCUT2D eigenvalue weighted by molar-refractivity contribution is 7.10. The van der Waals surface area contributed by atoms with E-state index in [0.29, 0.717) is 11.7 Å². The van der Waals surface area contributed by atoms with Crippen LogP contribution in [-0.2, 0) is 0 Å². The van der Waals surface area contributed by atoms with Gasteiger partial charge in [-0.25, -0.2) is 9.97 Å². The highest BCUT2D eigenvalue weighted by Crippen LogP contribution is 2.38. The van der Waals surface area contributed by atoms with Gasteiger partial charge in [0.1, 0.15) is 16.5 Å². The zero-order chi connectivity index (χ0) is 11.1. The first-order chi connectivity index (χ1) is 7.74. The van der Waals surface area contributed by atoms with Crippen LogP contribution in [0.2, 0.25) is 0 Å². The lowest BCUT2D eigenvalue weighted by atomic mass is 10.4. The van der Waals surface area contributed by atoms with Gasteiger partial charge in [-0.3, -0.25) is 5.10 Å². The zero-order valence-electron chi connectivity index (χ0n) is 8.97. The number of rotatable bonds is 3. The lowest BCUT2D eigenvalue weighted by molar-refractivity contribution is 0.807. The molecule has 2 aromatic rings. The van der Waals surface area contributed by atoms with Crippen molar-refractivity contribution in [1.82, 2.24) is 20.2 Å². The topological polar surface area (TPSA) is 80.5 Å². The third-order valence-corrected chi connectivity index (χ3v) is 3.65. The van der Waals surface area contributed by atoms with E-state index in [1.54, 1.807) is 11.3 Å². The third kappa shape index (κ3) is 1.74. The SMILES string of the molecule is CC(N)c1nc(-c2n[nH]c(C3CC3)n2)cs1. The van der Waals surface area contributed by atoms with Crippen LogP contribution in [0.1, 0.15) is 42.6 Å². The second-order valence-electron chi connectivity index (χ2n) is 4.18. The van der Waals surface area contributed by atoms with Crippen LogP contribution in [0.3, 0.4) is 0 Å². The van der Waals surface area contributed by atoms with Gasteiger partial charge >= 0.3 is 0 Å². The highest BCUT2D eigenvalue weighted by Gasteiger charge is 2.27. The normalized spacial score (nSPS) is 17.6. The molecule has 1 saturated carbocycles. The average Bonchev–Trinajstić information content (AvgIpc) is 2.83. The van der Waals surface area contributed by atoms with Crippen molar-refractivity contribution in [2.24, 2.45) is 5.73 Å². The number of H-pyrrole nitrogens is 1. The molecule has 0 aromatic carbocycles. The summed E-state index contributed by atoms with van der Waals surface area (Å²) in [6.07, 6.45) is 2.44. The molecule has 5 nitrogen and oxygen atoms in total. The Morgan fingerprint density at radius 2 is 2.31 bits per heavy atom. The van der Waals surface area contributed by atoms with Gasteiger partial charge in [0.2, 0.25) is 5.82 Å². The minimum Gasteiger partial charge on any atom is -0.322 e. The highest BCUT2D eigenvalue weighted by atomic mass is 32.1. The fourth-order valence-electron chi connectivity index (χ4n) is 1.53. The number of nitrogens with one attached hydrogen (secondary N) is 1. The quantitative estimate of drug-likeness (QED) is 0.850. The van der Waals surface area contributed by atoms with Gasteiger partial charge in [-0.1, -0.05) is 0 Å². The van der Waals surface area contributed by atoms with E-state index in [1.165, 1.54) is 12.8 Å². The van der Waals surface area contributed by atoms with Crippen molar-refractivity contribution in [2.75, 3.05) is 0 Å². The number of nitrogens with two attached hydrogens (primary N) is 1. The van der Waals surface area contributed by atoms with E-state index in [-0.39, 0.29) is 6.04 Å². The first-order valence-corrected chi connectivity index (χ1v) is 6.25. The standard InChI is InChI=1S/C10H13N5S/c1-5(11)10-12-7(4-16-10)9-13-8(14-15-9)6-2-3-6/h4-6H,2-3,11H2,1H3,(H,13,14,15). The monoisotopic (exact) mass is 235 g/mol. The molecule has 1 fully saturated rings. The summed E-state index contributed by atoms with van der Waals surface area (Å²) < 4.78 is 0. The van der Waals surface area contributed by atoms with Gasteiger partial charge in [0.25, 0.3) is 0 Å². The van der Waals surface area contributed by atoms with Crippen LogP contribution in [0, 0.1) is 0 Å². The molecular weight excluding hydrogens is 222 g/mol. The Hall–Kier alpha value is -1.27. The van der Waals surface area contributed by atoms with Gasteiger partial charge in [-0.2, -0.15) is 5.10 Å². The molecule has 0 spiro atoms. The minimum absolute atomic E-state index is 0.0272. The summed E-state index contributed by atoms with van der Waals surface area (Å²) in [4.78, 5) is 8.87. The molecule has 0 radical (unpaired) electrons. The second kappa shape index (κ2) is 3.64. The lowest BCUT2D eigenvalue weighted by Gasteiger charge is -1.95. The maximum absolute atomic E-state index is 5.77. The van der Waals surface area contributed by atoms with Crippen molar-refractivity contribution in [3.63, 3.8) is 0 Å². The Labute approximate surface area is 97.1 Å². The van der Waals surface area contributed by atoms with Crippen LogP contribution in [0.15, 0.2) is 5.38 Å². The summed E-state index contributed by atoms with van der Waals surface area (Å²) in [7, 11) is 0. The smallest absolute Gasteiger partial charge is 0.200 e. The summed E-state index contributed by atoms with van der Waals surface area (Å²) in [5.41, 5.74) is 6.59. The molecular formula is C10H13N5S. The molecule has 1 aliphatic rings. The molecule has 2 heterocycles. The van der Waals surface area contributed by atoms with Crippen LogP contribution in [0.25, 0.3) is 11.5 Å². The maximum atomic E-state index is 5.77. The van der Waals surface area contributed by atoms with Gasteiger partial charge in [0.15, 0.2) is 0 Å². The van der Waals surface area contributed by atoms with Gasteiger partial charge in [0, 0.05) is 11.3 Å². The molecule has 1 atom stereocenters. The Balaban J connectivity index is 1.88. The molecule has 0 saturated heterocycles. The number of aromatic amines is 1. The van der Waals surface area contributed by atoms with Crippen LogP contribution in [-0.4, -0.2) is 20.2 Å². The summed E-state index contributed by atoms with van der Waals surface area (Å²) in [6.45, 7) is 1.93. The lowest BCUT2D eigenvalue weighted by Crippen LogP contribution is -2.03. The Kier molecular flexibility index (Phi) is 2.26. The van der Waals surface area contributed by atoms with Crippen molar-refractivity contribution in [1.29, 1.82) is 0 Å². The Morgan fingerprint density at radius 1 is 1.50 bits per heavy atom. The van der Waals surface area contributed by atoms with Crippen LogP contribution in [0.4, 0.5) is 0 Å². The number of hydrogen-bond acceptors (Lipinski definition) is 5. The van der Waals surface area contributed by atoms with Gasteiger partial charge < -0.3 is 5.73 Å². The summed E-state index contributed by atoms with van der Waals surface area (Å²) in [5.74, 6) is 2.27. The maximum Gasteiger partial charge on any atom is 0.200 e. The molecule has 0 amide bonds. The average molecular weight is 235 g/mol. The molecule has 84 valence electrons. The molecule has 16 heavy (non-hydrogen) atoms. The minimum atomic E-state index is -0.0272. The number of nitrogens with zero attached hydrogens (tertiary/aromatic N) is 3. The zero-order valence-corrected chi connectivity index (χ0v) is 9.79. The van der Waals surface area contributed by atoms with Gasteiger partial charge in [-0.15, -0.1) is 11.3 Å². The van der Waals surface area contributed by atoms with E-state index >= 15 is 0 Å². The molecule has 3 rings (SSSR count).